The summed E-state index contributed by atoms with van der Waals surface area (Å²) in [5.41, 5.74) is 2.57. The molecule has 0 atom stereocenters. The standard InChI is InChI=1S/C26H37N3O3S/c1-19(2)15-29-24(17-28(16-21-12-13-21)25(30)22-9-6-7-10-22)14-27-26(29)33(31,32)18-23-11-5-4-8-20(23)3/h4-5,8,11,14,19,21-22H,6-7,9-10,12-13,15-18H2,1-3H3. The fraction of sp³-hybridized carbons (Fsp3) is 0.615. The molecule has 7 heteroatoms. The van der Waals surface area contributed by atoms with Crippen LogP contribution in [0.25, 0.3) is 0 Å². The number of benzene rings is 1. The Morgan fingerprint density at radius 2 is 1.85 bits per heavy atom. The first kappa shape index (κ1) is 24.0. The predicted molar refractivity (Wildman–Crippen MR) is 129 cm³/mol. The number of amides is 1. The van der Waals surface area contributed by atoms with E-state index in [0.29, 0.717) is 19.0 Å². The van der Waals surface area contributed by atoms with E-state index in [2.05, 4.69) is 18.8 Å². The van der Waals surface area contributed by atoms with Gasteiger partial charge in [0.25, 0.3) is 0 Å². The van der Waals surface area contributed by atoms with E-state index >= 15 is 0 Å². The van der Waals surface area contributed by atoms with Crippen LogP contribution in [0.5, 0.6) is 0 Å². The van der Waals surface area contributed by atoms with Gasteiger partial charge in [-0.2, -0.15) is 0 Å². The summed E-state index contributed by atoms with van der Waals surface area (Å²) in [7, 11) is -3.63. The van der Waals surface area contributed by atoms with Gasteiger partial charge < -0.3 is 9.47 Å². The van der Waals surface area contributed by atoms with Gasteiger partial charge in [0.1, 0.15) is 0 Å². The molecule has 2 aliphatic rings. The first-order valence-corrected chi connectivity index (χ1v) is 14.0. The zero-order chi connectivity index (χ0) is 23.6. The average molecular weight is 472 g/mol. The highest BCUT2D eigenvalue weighted by Gasteiger charge is 2.33. The number of nitrogens with zero attached hydrogens (tertiary/aromatic N) is 3. The number of rotatable bonds is 10. The molecule has 6 nitrogen and oxygen atoms in total. The fourth-order valence-electron chi connectivity index (χ4n) is 4.84. The minimum Gasteiger partial charge on any atom is -0.336 e. The van der Waals surface area contributed by atoms with Crippen LogP contribution < -0.4 is 0 Å². The minimum absolute atomic E-state index is 0.0684. The molecule has 2 aromatic rings. The topological polar surface area (TPSA) is 72.3 Å². The van der Waals surface area contributed by atoms with Crippen molar-refractivity contribution < 1.29 is 13.2 Å². The maximum Gasteiger partial charge on any atom is 0.228 e. The third-order valence-electron chi connectivity index (χ3n) is 6.88. The zero-order valence-electron chi connectivity index (χ0n) is 20.2. The molecule has 0 aliphatic heterocycles. The molecule has 1 aromatic heterocycles. The van der Waals surface area contributed by atoms with Crippen LogP contribution in [-0.4, -0.2) is 35.3 Å². The quantitative estimate of drug-likeness (QED) is 0.501. The van der Waals surface area contributed by atoms with E-state index in [-0.39, 0.29) is 28.7 Å². The molecule has 0 radical (unpaired) electrons. The van der Waals surface area contributed by atoms with Gasteiger partial charge in [-0.15, -0.1) is 0 Å². The number of hydrogen-bond donors (Lipinski definition) is 0. The van der Waals surface area contributed by atoms with E-state index in [0.717, 1.165) is 49.0 Å². The molecular formula is C26H37N3O3S. The SMILES string of the molecule is Cc1ccccc1CS(=O)(=O)c1ncc(CN(CC2CC2)C(=O)C2CCCC2)n1CC(C)C. The van der Waals surface area contributed by atoms with Crippen molar-refractivity contribution in [3.05, 3.63) is 47.3 Å². The van der Waals surface area contributed by atoms with Gasteiger partial charge in [0.05, 0.1) is 24.2 Å². The Bertz CT molecular complexity index is 1080. The molecule has 4 rings (SSSR count). The minimum atomic E-state index is -3.63. The second kappa shape index (κ2) is 10.00. The van der Waals surface area contributed by atoms with Crippen molar-refractivity contribution in [1.29, 1.82) is 0 Å². The van der Waals surface area contributed by atoms with Crippen LogP contribution in [0.2, 0.25) is 0 Å². The van der Waals surface area contributed by atoms with Crippen molar-refractivity contribution in [3.8, 4) is 0 Å². The van der Waals surface area contributed by atoms with Crippen LogP contribution in [0, 0.1) is 24.7 Å². The molecule has 1 aromatic carbocycles. The molecule has 0 spiro atoms. The van der Waals surface area contributed by atoms with Crippen LogP contribution >= 0.6 is 0 Å². The smallest absolute Gasteiger partial charge is 0.228 e. The monoisotopic (exact) mass is 471 g/mol. The number of sulfone groups is 1. The van der Waals surface area contributed by atoms with Gasteiger partial charge in [-0.3, -0.25) is 4.79 Å². The number of carbonyl (C=O) groups is 1. The van der Waals surface area contributed by atoms with Crippen molar-refractivity contribution >= 4 is 15.7 Å². The number of aryl methyl sites for hydroxylation is 1. The van der Waals surface area contributed by atoms with Crippen LogP contribution in [0.1, 0.15) is 69.2 Å². The fourth-order valence-corrected chi connectivity index (χ4v) is 6.44. The molecule has 0 bridgehead atoms. The van der Waals surface area contributed by atoms with Crippen LogP contribution in [-0.2, 0) is 33.5 Å². The molecular weight excluding hydrogens is 434 g/mol. The van der Waals surface area contributed by atoms with E-state index in [1.807, 2.05) is 40.7 Å². The van der Waals surface area contributed by atoms with Gasteiger partial charge in [0.2, 0.25) is 20.9 Å². The maximum absolute atomic E-state index is 13.4. The molecule has 1 amide bonds. The van der Waals surface area contributed by atoms with Gasteiger partial charge in [-0.1, -0.05) is 51.0 Å². The van der Waals surface area contributed by atoms with E-state index in [1.54, 1.807) is 6.20 Å². The second-order valence-electron chi connectivity index (χ2n) is 10.4. The van der Waals surface area contributed by atoms with Crippen molar-refractivity contribution in [2.45, 2.75) is 83.3 Å². The largest absolute Gasteiger partial charge is 0.336 e. The summed E-state index contributed by atoms with van der Waals surface area (Å²) in [6.45, 7) is 7.85. The molecule has 180 valence electrons. The number of imidazole rings is 1. The van der Waals surface area contributed by atoms with Gasteiger partial charge in [-0.05, 0) is 55.6 Å². The number of carbonyl (C=O) groups excluding carboxylic acids is 1. The molecule has 0 saturated heterocycles. The molecule has 1 heterocycles. The Morgan fingerprint density at radius 3 is 2.48 bits per heavy atom. The van der Waals surface area contributed by atoms with Gasteiger partial charge in [-0.25, -0.2) is 13.4 Å². The summed E-state index contributed by atoms with van der Waals surface area (Å²) in [5, 5.41) is 0.120. The summed E-state index contributed by atoms with van der Waals surface area (Å²) in [4.78, 5) is 19.7. The normalized spacial score (nSPS) is 17.1. The third kappa shape index (κ3) is 5.86. The summed E-state index contributed by atoms with van der Waals surface area (Å²) >= 11 is 0. The lowest BCUT2D eigenvalue weighted by Crippen LogP contribution is -2.37. The maximum atomic E-state index is 13.4. The Balaban J connectivity index is 1.62. The molecule has 33 heavy (non-hydrogen) atoms. The molecule has 0 N–H and O–H groups in total. The highest BCUT2D eigenvalue weighted by molar-refractivity contribution is 7.90. The highest BCUT2D eigenvalue weighted by Crippen LogP contribution is 2.33. The van der Waals surface area contributed by atoms with Crippen molar-refractivity contribution in [1.82, 2.24) is 14.5 Å². The van der Waals surface area contributed by atoms with Crippen LogP contribution in [0.4, 0.5) is 0 Å². The van der Waals surface area contributed by atoms with Crippen molar-refractivity contribution in [2.24, 2.45) is 17.8 Å². The number of hydrogen-bond acceptors (Lipinski definition) is 4. The molecule has 2 fully saturated rings. The Kier molecular flexibility index (Phi) is 7.27. The third-order valence-corrected chi connectivity index (χ3v) is 8.45. The lowest BCUT2D eigenvalue weighted by Gasteiger charge is -2.26. The summed E-state index contributed by atoms with van der Waals surface area (Å²) in [6.07, 6.45) is 8.23. The molecule has 0 unspecified atom stereocenters. The van der Waals surface area contributed by atoms with Gasteiger partial charge in [0.15, 0.2) is 0 Å². The number of aromatic nitrogens is 2. The Morgan fingerprint density at radius 1 is 1.15 bits per heavy atom. The lowest BCUT2D eigenvalue weighted by atomic mass is 10.1. The first-order chi connectivity index (χ1) is 15.7. The molecule has 2 aliphatic carbocycles. The van der Waals surface area contributed by atoms with Crippen molar-refractivity contribution in [2.75, 3.05) is 6.54 Å². The molecule has 2 saturated carbocycles. The Hall–Kier alpha value is -2.15. The second-order valence-corrected chi connectivity index (χ2v) is 12.2. The first-order valence-electron chi connectivity index (χ1n) is 12.3. The zero-order valence-corrected chi connectivity index (χ0v) is 21.0. The lowest BCUT2D eigenvalue weighted by molar-refractivity contribution is -0.136. The van der Waals surface area contributed by atoms with E-state index in [1.165, 1.54) is 12.8 Å². The van der Waals surface area contributed by atoms with Gasteiger partial charge >= 0.3 is 0 Å². The van der Waals surface area contributed by atoms with Crippen LogP contribution in [0.3, 0.4) is 0 Å². The summed E-state index contributed by atoms with van der Waals surface area (Å²) in [6, 6.07) is 7.58. The van der Waals surface area contributed by atoms with E-state index in [4.69, 9.17) is 0 Å². The Labute approximate surface area is 198 Å². The van der Waals surface area contributed by atoms with E-state index in [9.17, 15) is 13.2 Å². The summed E-state index contributed by atoms with van der Waals surface area (Å²) in [5.74, 6) is 1.13. The summed E-state index contributed by atoms with van der Waals surface area (Å²) < 4.78 is 28.7. The van der Waals surface area contributed by atoms with E-state index < -0.39 is 9.84 Å². The predicted octanol–water partition coefficient (Wildman–Crippen LogP) is 4.75. The highest BCUT2D eigenvalue weighted by atomic mass is 32.2. The van der Waals surface area contributed by atoms with Crippen LogP contribution in [0.15, 0.2) is 35.6 Å². The van der Waals surface area contributed by atoms with Gasteiger partial charge in [0, 0.05) is 19.0 Å². The van der Waals surface area contributed by atoms with Crippen molar-refractivity contribution in [3.63, 3.8) is 0 Å². The average Bonchev–Trinajstić information content (AvgIpc) is 3.23.